The molecule has 0 radical (unpaired) electrons. The van der Waals surface area contributed by atoms with Crippen LogP contribution in [0.4, 0.5) is 8.78 Å². The molecule has 0 spiro atoms. The van der Waals surface area contributed by atoms with E-state index >= 15 is 0 Å². The lowest BCUT2D eigenvalue weighted by Gasteiger charge is -2.19. The van der Waals surface area contributed by atoms with Crippen molar-refractivity contribution in [3.63, 3.8) is 0 Å². The molecular formula is C10H12F2O. The van der Waals surface area contributed by atoms with Crippen LogP contribution < -0.4 is 0 Å². The van der Waals surface area contributed by atoms with Gasteiger partial charge in [0.1, 0.15) is 11.6 Å². The number of aliphatic hydroxyl groups is 1. The molecule has 0 aliphatic rings. The smallest absolute Gasteiger partial charge is 0.132 e. The average molecular weight is 186 g/mol. The van der Waals surface area contributed by atoms with E-state index in [9.17, 15) is 13.9 Å². The minimum atomic E-state index is -1.48. The second-order valence-corrected chi connectivity index (χ2v) is 3.66. The predicted molar refractivity (Wildman–Crippen MR) is 46.3 cm³/mol. The quantitative estimate of drug-likeness (QED) is 0.714. The third-order valence-electron chi connectivity index (χ3n) is 1.80. The van der Waals surface area contributed by atoms with Crippen LogP contribution in [-0.2, 0) is 5.60 Å². The van der Waals surface area contributed by atoms with Crippen molar-refractivity contribution in [3.8, 4) is 0 Å². The predicted octanol–water partition coefficient (Wildman–Crippen LogP) is 2.50. The highest BCUT2D eigenvalue weighted by atomic mass is 19.1. The molecule has 1 rings (SSSR count). The lowest BCUT2D eigenvalue weighted by molar-refractivity contribution is 0.0702. The van der Waals surface area contributed by atoms with E-state index in [0.29, 0.717) is 5.56 Å². The highest BCUT2D eigenvalue weighted by molar-refractivity contribution is 5.29. The summed E-state index contributed by atoms with van der Waals surface area (Å²) in [6, 6.07) is 2.41. The maximum Gasteiger partial charge on any atom is 0.132 e. The summed E-state index contributed by atoms with van der Waals surface area (Å²) in [5, 5.41) is 9.46. The Morgan fingerprint density at radius 3 is 1.85 bits per heavy atom. The van der Waals surface area contributed by atoms with Gasteiger partial charge in [0.25, 0.3) is 0 Å². The first-order valence-corrected chi connectivity index (χ1v) is 4.01. The summed E-state index contributed by atoms with van der Waals surface area (Å²) in [5.74, 6) is -1.41. The Morgan fingerprint density at radius 2 is 1.54 bits per heavy atom. The zero-order chi connectivity index (χ0) is 10.2. The van der Waals surface area contributed by atoms with Gasteiger partial charge in [-0.1, -0.05) is 0 Å². The number of halogens is 2. The molecule has 0 aliphatic heterocycles. The maximum absolute atomic E-state index is 13.2. The van der Waals surface area contributed by atoms with Crippen LogP contribution in [0.3, 0.4) is 0 Å². The lowest BCUT2D eigenvalue weighted by Crippen LogP contribution is -2.19. The summed E-state index contributed by atoms with van der Waals surface area (Å²) in [5.41, 5.74) is -1.26. The van der Waals surface area contributed by atoms with E-state index in [1.807, 2.05) is 0 Å². The van der Waals surface area contributed by atoms with Gasteiger partial charge in [-0.3, -0.25) is 0 Å². The largest absolute Gasteiger partial charge is 0.386 e. The van der Waals surface area contributed by atoms with Gasteiger partial charge < -0.3 is 5.11 Å². The van der Waals surface area contributed by atoms with Gasteiger partial charge in [-0.15, -0.1) is 0 Å². The van der Waals surface area contributed by atoms with Crippen LogP contribution in [0.1, 0.15) is 25.0 Å². The summed E-state index contributed by atoms with van der Waals surface area (Å²) in [7, 11) is 0. The maximum atomic E-state index is 13.2. The van der Waals surface area contributed by atoms with Gasteiger partial charge in [0.2, 0.25) is 0 Å². The normalized spacial score (nSPS) is 11.8. The van der Waals surface area contributed by atoms with Gasteiger partial charge >= 0.3 is 0 Å². The molecule has 0 bridgehead atoms. The second kappa shape index (κ2) is 3.07. The average Bonchev–Trinajstić information content (AvgIpc) is 1.78. The van der Waals surface area contributed by atoms with Gasteiger partial charge in [-0.25, -0.2) is 8.78 Å². The van der Waals surface area contributed by atoms with E-state index in [-0.39, 0.29) is 5.56 Å². The van der Waals surface area contributed by atoms with Crippen molar-refractivity contribution in [3.05, 3.63) is 34.9 Å². The summed E-state index contributed by atoms with van der Waals surface area (Å²) < 4.78 is 26.4. The number of rotatable bonds is 1. The number of aryl methyl sites for hydroxylation is 1. The van der Waals surface area contributed by atoms with Crippen molar-refractivity contribution >= 4 is 0 Å². The first-order chi connectivity index (χ1) is 5.82. The minimum absolute atomic E-state index is 0.280. The fourth-order valence-corrected chi connectivity index (χ4v) is 1.28. The minimum Gasteiger partial charge on any atom is -0.386 e. The van der Waals surface area contributed by atoms with Crippen molar-refractivity contribution in [1.29, 1.82) is 0 Å². The van der Waals surface area contributed by atoms with Gasteiger partial charge in [-0.2, -0.15) is 0 Å². The molecular weight excluding hydrogens is 174 g/mol. The third kappa shape index (κ3) is 2.04. The van der Waals surface area contributed by atoms with Crippen molar-refractivity contribution in [2.24, 2.45) is 0 Å². The Morgan fingerprint density at radius 1 is 1.15 bits per heavy atom. The summed E-state index contributed by atoms with van der Waals surface area (Å²) >= 11 is 0. The van der Waals surface area contributed by atoms with Gasteiger partial charge in [0.05, 0.1) is 11.2 Å². The molecule has 0 saturated heterocycles. The van der Waals surface area contributed by atoms with Gasteiger partial charge in [0.15, 0.2) is 0 Å². The SMILES string of the molecule is Cc1cc(F)c(C(C)(C)O)c(F)c1. The molecule has 1 aromatic rings. The zero-order valence-electron chi connectivity index (χ0n) is 7.86. The standard InChI is InChI=1S/C10H12F2O/c1-6-4-7(11)9(8(12)5-6)10(2,3)13/h4-5,13H,1-3H3. The topological polar surface area (TPSA) is 20.2 Å². The van der Waals surface area contributed by atoms with Crippen LogP contribution in [-0.4, -0.2) is 5.11 Å². The lowest BCUT2D eigenvalue weighted by atomic mass is 9.96. The third-order valence-corrected chi connectivity index (χ3v) is 1.80. The summed E-state index contributed by atoms with van der Waals surface area (Å²) in [6.45, 7) is 4.30. The van der Waals surface area contributed by atoms with Crippen LogP contribution in [0.2, 0.25) is 0 Å². The van der Waals surface area contributed by atoms with Crippen molar-refractivity contribution in [2.45, 2.75) is 26.4 Å². The van der Waals surface area contributed by atoms with E-state index < -0.39 is 17.2 Å². The molecule has 0 unspecified atom stereocenters. The summed E-state index contributed by atoms with van der Waals surface area (Å²) in [6.07, 6.45) is 0. The molecule has 0 fully saturated rings. The summed E-state index contributed by atoms with van der Waals surface area (Å²) in [4.78, 5) is 0. The van der Waals surface area contributed by atoms with Gasteiger partial charge in [0, 0.05) is 0 Å². The Hall–Kier alpha value is -0.960. The van der Waals surface area contributed by atoms with E-state index in [4.69, 9.17) is 0 Å². The molecule has 0 amide bonds. The van der Waals surface area contributed by atoms with Crippen LogP contribution >= 0.6 is 0 Å². The number of benzene rings is 1. The van der Waals surface area contributed by atoms with Crippen LogP contribution in [0, 0.1) is 18.6 Å². The van der Waals surface area contributed by atoms with E-state index in [1.54, 1.807) is 6.92 Å². The first-order valence-electron chi connectivity index (χ1n) is 4.01. The number of hydrogen-bond donors (Lipinski definition) is 1. The van der Waals surface area contributed by atoms with Gasteiger partial charge in [-0.05, 0) is 38.5 Å². The Bertz CT molecular complexity index is 303. The molecule has 3 heteroatoms. The fraction of sp³-hybridized carbons (Fsp3) is 0.400. The van der Waals surface area contributed by atoms with E-state index in [0.717, 1.165) is 0 Å². The van der Waals surface area contributed by atoms with E-state index in [1.165, 1.54) is 26.0 Å². The molecule has 1 nitrogen and oxygen atoms in total. The highest BCUT2D eigenvalue weighted by Crippen LogP contribution is 2.26. The van der Waals surface area contributed by atoms with Crippen LogP contribution in [0.15, 0.2) is 12.1 Å². The van der Waals surface area contributed by atoms with Crippen molar-refractivity contribution < 1.29 is 13.9 Å². The monoisotopic (exact) mass is 186 g/mol. The second-order valence-electron chi connectivity index (χ2n) is 3.66. The molecule has 13 heavy (non-hydrogen) atoms. The molecule has 1 aromatic carbocycles. The first kappa shape index (κ1) is 10.1. The molecule has 0 heterocycles. The Labute approximate surface area is 76.0 Å². The molecule has 0 aromatic heterocycles. The highest BCUT2D eigenvalue weighted by Gasteiger charge is 2.24. The molecule has 72 valence electrons. The van der Waals surface area contributed by atoms with E-state index in [2.05, 4.69) is 0 Å². The molecule has 0 aliphatic carbocycles. The van der Waals surface area contributed by atoms with Crippen LogP contribution in [0.25, 0.3) is 0 Å². The molecule has 1 N–H and O–H groups in total. The molecule has 0 atom stereocenters. The van der Waals surface area contributed by atoms with Crippen LogP contribution in [0.5, 0.6) is 0 Å². The van der Waals surface area contributed by atoms with Crippen molar-refractivity contribution in [1.82, 2.24) is 0 Å². The Balaban J connectivity index is 3.38. The fourth-order valence-electron chi connectivity index (χ4n) is 1.28. The zero-order valence-corrected chi connectivity index (χ0v) is 7.86. The Kier molecular flexibility index (Phi) is 2.39. The molecule has 0 saturated carbocycles. The number of hydrogen-bond acceptors (Lipinski definition) is 1. The van der Waals surface area contributed by atoms with Crippen molar-refractivity contribution in [2.75, 3.05) is 0 Å².